The molecule has 0 spiro atoms. The molecule has 0 saturated carbocycles. The summed E-state index contributed by atoms with van der Waals surface area (Å²) in [6, 6.07) is 66.9. The molecule has 3 heterocycles. The normalized spacial score (nSPS) is 13.1. The summed E-state index contributed by atoms with van der Waals surface area (Å²) in [4.78, 5) is 15.4. The topological polar surface area (TPSA) is 48.5 Å². The van der Waals surface area contributed by atoms with Crippen molar-refractivity contribution in [3.05, 3.63) is 199 Å². The van der Waals surface area contributed by atoms with Crippen LogP contribution in [0.4, 0.5) is 0 Å². The van der Waals surface area contributed by atoms with Gasteiger partial charge in [-0.05, 0) is 71.3 Å². The third-order valence-corrected chi connectivity index (χ3v) is 12.4. The van der Waals surface area contributed by atoms with E-state index in [0.29, 0.717) is 17.5 Å². The lowest BCUT2D eigenvalue weighted by atomic mass is 9.82. The predicted octanol–water partition coefficient (Wildman–Crippen LogP) is 13.4. The summed E-state index contributed by atoms with van der Waals surface area (Å²) >= 11 is 0. The summed E-state index contributed by atoms with van der Waals surface area (Å²) in [5.74, 6) is 1.89. The molecular weight excluding hydrogens is 719 g/mol. The Hall–Kier alpha value is -7.63. The minimum atomic E-state index is -0.0961. The third kappa shape index (κ3) is 5.01. The van der Waals surface area contributed by atoms with Gasteiger partial charge in [0.25, 0.3) is 0 Å². The highest BCUT2D eigenvalue weighted by Gasteiger charge is 2.37. The van der Waals surface area contributed by atoms with Crippen molar-refractivity contribution in [3.8, 4) is 56.7 Å². The van der Waals surface area contributed by atoms with Crippen molar-refractivity contribution in [2.24, 2.45) is 0 Å². The Bertz CT molecular complexity index is 3410. The van der Waals surface area contributed by atoms with Crippen LogP contribution in [0.25, 0.3) is 100 Å². The molecule has 59 heavy (non-hydrogen) atoms. The van der Waals surface area contributed by atoms with Crippen LogP contribution in [-0.2, 0) is 5.41 Å². The first kappa shape index (κ1) is 33.5. The van der Waals surface area contributed by atoms with E-state index < -0.39 is 0 Å². The molecule has 0 atom stereocenters. The molecule has 1 aliphatic rings. The highest BCUT2D eigenvalue weighted by Crippen LogP contribution is 2.52. The maximum absolute atomic E-state index is 5.19. The van der Waals surface area contributed by atoms with Gasteiger partial charge in [-0.15, -0.1) is 0 Å². The first-order valence-corrected chi connectivity index (χ1v) is 20.2. The second-order valence-corrected chi connectivity index (χ2v) is 16.0. The molecule has 8 aromatic carbocycles. The Labute approximate surface area is 341 Å². The fraction of sp³-hybridized carbons (Fsp3) is 0.0556. The monoisotopic (exact) mass is 755 g/mol. The van der Waals surface area contributed by atoms with Gasteiger partial charge in [-0.2, -0.15) is 0 Å². The molecule has 0 aliphatic heterocycles. The van der Waals surface area contributed by atoms with Gasteiger partial charge >= 0.3 is 0 Å². The Morgan fingerprint density at radius 1 is 0.373 bits per heavy atom. The Kier molecular flexibility index (Phi) is 7.20. The van der Waals surface area contributed by atoms with Crippen LogP contribution in [0.2, 0.25) is 0 Å². The van der Waals surface area contributed by atoms with Crippen LogP contribution in [0.5, 0.6) is 0 Å². The van der Waals surface area contributed by atoms with Crippen LogP contribution >= 0.6 is 0 Å². The molecular formula is C54H37N5. The van der Waals surface area contributed by atoms with Gasteiger partial charge in [0.15, 0.2) is 17.5 Å². The highest BCUT2D eigenvalue weighted by molar-refractivity contribution is 6.15. The number of hydrogen-bond acceptors (Lipinski definition) is 3. The summed E-state index contributed by atoms with van der Waals surface area (Å²) in [5, 5.41) is 4.96. The Morgan fingerprint density at radius 3 is 1.58 bits per heavy atom. The fourth-order valence-corrected chi connectivity index (χ4v) is 9.61. The minimum Gasteiger partial charge on any atom is -0.309 e. The SMILES string of the molecule is CC1(C)c2ccccc2-c2c1ccc1c3ccccc3n(-c3ccc(-c4nc(-c5ccccc5)nc(-c5cccc(-n6c7ccccc7c7ccccc76)c5)n4)cc3)c21. The molecule has 0 N–H and O–H groups in total. The molecule has 0 fully saturated rings. The quantitative estimate of drug-likeness (QED) is 0.176. The number of aromatic nitrogens is 5. The average molecular weight is 756 g/mol. The van der Waals surface area contributed by atoms with Crippen LogP contribution in [0.3, 0.4) is 0 Å². The molecule has 5 nitrogen and oxygen atoms in total. The zero-order chi connectivity index (χ0) is 39.2. The molecule has 0 bridgehead atoms. The van der Waals surface area contributed by atoms with Gasteiger partial charge in [-0.25, -0.2) is 15.0 Å². The van der Waals surface area contributed by atoms with E-state index in [1.807, 2.05) is 18.2 Å². The number of hydrogen-bond donors (Lipinski definition) is 0. The zero-order valence-corrected chi connectivity index (χ0v) is 32.6. The fourth-order valence-electron chi connectivity index (χ4n) is 9.61. The summed E-state index contributed by atoms with van der Waals surface area (Å²) in [6.07, 6.45) is 0. The number of rotatable bonds is 5. The third-order valence-electron chi connectivity index (χ3n) is 12.4. The average Bonchev–Trinajstić information content (AvgIpc) is 3.90. The molecule has 278 valence electrons. The standard InChI is InChI=1S/C54H37N5/c1-54(2)44-23-10-6-22-43(44)49-45(54)32-31-42-41-21-9-13-26-48(41)59(50(42)49)37-29-27-35(28-30-37)52-55-51(34-15-4-3-5-16-34)56-53(57-52)36-17-14-18-38(33-36)58-46-24-11-7-19-39(46)40-20-8-12-25-47(40)58/h3-33H,1-2H3. The molecule has 3 aromatic heterocycles. The van der Waals surface area contributed by atoms with Gasteiger partial charge < -0.3 is 9.13 Å². The summed E-state index contributed by atoms with van der Waals surface area (Å²) in [6.45, 7) is 4.69. The lowest BCUT2D eigenvalue weighted by Crippen LogP contribution is -2.14. The largest absolute Gasteiger partial charge is 0.309 e. The van der Waals surface area contributed by atoms with Gasteiger partial charge in [0.1, 0.15) is 0 Å². The zero-order valence-electron chi connectivity index (χ0n) is 32.6. The Morgan fingerprint density at radius 2 is 0.898 bits per heavy atom. The van der Waals surface area contributed by atoms with Gasteiger partial charge in [0, 0.05) is 60.6 Å². The second-order valence-electron chi connectivity index (χ2n) is 16.0. The predicted molar refractivity (Wildman–Crippen MR) is 242 cm³/mol. The smallest absolute Gasteiger partial charge is 0.164 e. The van der Waals surface area contributed by atoms with E-state index in [-0.39, 0.29) is 5.41 Å². The van der Waals surface area contributed by atoms with Gasteiger partial charge in [-0.3, -0.25) is 0 Å². The van der Waals surface area contributed by atoms with Crippen molar-refractivity contribution in [1.82, 2.24) is 24.1 Å². The van der Waals surface area contributed by atoms with Crippen LogP contribution in [0, 0.1) is 0 Å². The maximum atomic E-state index is 5.19. The molecule has 0 saturated heterocycles. The molecule has 0 radical (unpaired) electrons. The lowest BCUT2D eigenvalue weighted by molar-refractivity contribution is 0.661. The first-order chi connectivity index (χ1) is 29.0. The van der Waals surface area contributed by atoms with Crippen molar-refractivity contribution >= 4 is 43.6 Å². The molecule has 12 rings (SSSR count). The van der Waals surface area contributed by atoms with E-state index >= 15 is 0 Å². The number of fused-ring (bicyclic) bond motifs is 10. The summed E-state index contributed by atoms with van der Waals surface area (Å²) in [5.41, 5.74) is 14.9. The van der Waals surface area contributed by atoms with Crippen molar-refractivity contribution in [2.45, 2.75) is 19.3 Å². The van der Waals surface area contributed by atoms with E-state index in [1.54, 1.807) is 0 Å². The van der Waals surface area contributed by atoms with E-state index in [4.69, 9.17) is 15.0 Å². The molecule has 0 unspecified atom stereocenters. The maximum Gasteiger partial charge on any atom is 0.164 e. The van der Waals surface area contributed by atoms with Crippen LogP contribution < -0.4 is 0 Å². The van der Waals surface area contributed by atoms with Crippen LogP contribution in [0.15, 0.2) is 188 Å². The lowest BCUT2D eigenvalue weighted by Gasteiger charge is -2.21. The van der Waals surface area contributed by atoms with Crippen molar-refractivity contribution in [2.75, 3.05) is 0 Å². The van der Waals surface area contributed by atoms with Crippen LogP contribution in [-0.4, -0.2) is 24.1 Å². The number of benzene rings is 8. The summed E-state index contributed by atoms with van der Waals surface area (Å²) in [7, 11) is 0. The van der Waals surface area contributed by atoms with Crippen LogP contribution in [0.1, 0.15) is 25.0 Å². The minimum absolute atomic E-state index is 0.0961. The van der Waals surface area contributed by atoms with Crippen molar-refractivity contribution in [1.29, 1.82) is 0 Å². The Balaban J connectivity index is 1.02. The molecule has 5 heteroatoms. The van der Waals surface area contributed by atoms with E-state index in [1.165, 1.54) is 54.8 Å². The number of nitrogens with zero attached hydrogens (tertiary/aromatic N) is 5. The first-order valence-electron chi connectivity index (χ1n) is 20.2. The summed E-state index contributed by atoms with van der Waals surface area (Å²) < 4.78 is 4.77. The van der Waals surface area contributed by atoms with E-state index in [0.717, 1.165) is 39.1 Å². The van der Waals surface area contributed by atoms with Gasteiger partial charge in [-0.1, -0.05) is 147 Å². The molecule has 0 amide bonds. The number of para-hydroxylation sites is 3. The molecule has 11 aromatic rings. The van der Waals surface area contributed by atoms with E-state index in [9.17, 15) is 0 Å². The van der Waals surface area contributed by atoms with Gasteiger partial charge in [0.05, 0.1) is 22.1 Å². The van der Waals surface area contributed by atoms with Crippen molar-refractivity contribution < 1.29 is 0 Å². The van der Waals surface area contributed by atoms with E-state index in [2.05, 4.69) is 193 Å². The van der Waals surface area contributed by atoms with Crippen molar-refractivity contribution in [3.63, 3.8) is 0 Å². The van der Waals surface area contributed by atoms with Gasteiger partial charge in [0.2, 0.25) is 0 Å². The molecule has 1 aliphatic carbocycles. The highest BCUT2D eigenvalue weighted by atomic mass is 15.0. The second kappa shape index (κ2) is 12.7.